The number of hydrogen-bond acceptors (Lipinski definition) is 1. The van der Waals surface area contributed by atoms with Gasteiger partial charge in [-0.1, -0.05) is 154 Å². The Morgan fingerprint density at radius 1 is 0.548 bits per heavy atom. The summed E-state index contributed by atoms with van der Waals surface area (Å²) >= 11 is 7.65. The van der Waals surface area contributed by atoms with Crippen molar-refractivity contribution in [1.29, 1.82) is 0 Å². The Morgan fingerprint density at radius 3 is 0.871 bits per heavy atom. The standard InChI is InChI=1S/2C13H27.CH3NS2.Zn/c2*1-3-5-7-9-11-13-12-10-8-6-4-2;2-1(3)4;/h2*1,3-13H2,2H3;(H3,2,3,4);/q2*-1;;+2. The average molecular weight is 525 g/mol. The van der Waals surface area contributed by atoms with Crippen LogP contribution in [0.15, 0.2) is 0 Å². The van der Waals surface area contributed by atoms with E-state index in [0.717, 1.165) is 12.8 Å². The van der Waals surface area contributed by atoms with E-state index in [0.29, 0.717) is 0 Å². The van der Waals surface area contributed by atoms with E-state index in [1.807, 2.05) is 0 Å². The second kappa shape index (κ2) is 41.1. The molecule has 184 valence electrons. The summed E-state index contributed by atoms with van der Waals surface area (Å²) in [6.45, 7) is 12.3. The normalized spacial score (nSPS) is 9.71. The zero-order valence-electron chi connectivity index (χ0n) is 21.6. The molecule has 1 nitrogen and oxygen atoms in total. The van der Waals surface area contributed by atoms with Gasteiger partial charge in [0.1, 0.15) is 4.32 Å². The quantitative estimate of drug-likeness (QED) is 0.0544. The zero-order valence-corrected chi connectivity index (χ0v) is 26.3. The summed E-state index contributed by atoms with van der Waals surface area (Å²) in [5.74, 6) is 0. The predicted octanol–water partition coefficient (Wildman–Crippen LogP) is 10.4. The van der Waals surface area contributed by atoms with Gasteiger partial charge < -0.3 is 19.6 Å². The van der Waals surface area contributed by atoms with E-state index in [-0.39, 0.29) is 23.8 Å². The van der Waals surface area contributed by atoms with Crippen molar-refractivity contribution in [3.63, 3.8) is 0 Å². The molecule has 4 heteroatoms. The molecule has 0 radical (unpaired) electrons. The maximum Gasteiger partial charge on any atom is 2.00 e. The SMILES string of the molecule is NC(=S)S.[CH2-]CCCCCCCCCCCC.[CH2-]CCCCCCCCCCCC.[Zn+2]. The van der Waals surface area contributed by atoms with Gasteiger partial charge in [0, 0.05) is 0 Å². The third-order valence-corrected chi connectivity index (χ3v) is 5.21. The minimum absolute atomic E-state index is 0. The molecule has 2 N–H and O–H groups in total. The Morgan fingerprint density at radius 2 is 0.710 bits per heavy atom. The maximum absolute atomic E-state index is 4.71. The van der Waals surface area contributed by atoms with E-state index in [1.165, 1.54) is 128 Å². The molecule has 0 atom stereocenters. The summed E-state index contributed by atoms with van der Waals surface area (Å²) in [6, 6.07) is 0. The van der Waals surface area contributed by atoms with Gasteiger partial charge in [0.25, 0.3) is 0 Å². The number of thiol groups is 1. The minimum Gasteiger partial charge on any atom is -0.385 e. The molecule has 0 aliphatic rings. The largest absolute Gasteiger partial charge is 2.00 e. The predicted molar refractivity (Wildman–Crippen MR) is 149 cm³/mol. The summed E-state index contributed by atoms with van der Waals surface area (Å²) in [4.78, 5) is 0. The molecular weight excluding hydrogens is 468 g/mol. The first-order valence-corrected chi connectivity index (χ1v) is 14.0. The number of hydrogen-bond donors (Lipinski definition) is 2. The summed E-state index contributed by atoms with van der Waals surface area (Å²) in [6.07, 6.45) is 30.7. The van der Waals surface area contributed by atoms with E-state index < -0.39 is 0 Å². The molecule has 0 rings (SSSR count). The van der Waals surface area contributed by atoms with Gasteiger partial charge in [0.2, 0.25) is 0 Å². The van der Waals surface area contributed by atoms with Crippen LogP contribution in [0.3, 0.4) is 0 Å². The Balaban J connectivity index is -0.000000195. The van der Waals surface area contributed by atoms with Gasteiger partial charge in [-0.15, -0.1) is 12.6 Å². The van der Waals surface area contributed by atoms with Crippen LogP contribution in [0.25, 0.3) is 0 Å². The van der Waals surface area contributed by atoms with E-state index in [2.05, 4.69) is 52.5 Å². The molecule has 0 spiro atoms. The molecule has 0 aliphatic carbocycles. The second-order valence-electron chi connectivity index (χ2n) is 8.41. The van der Waals surface area contributed by atoms with Gasteiger partial charge in [-0.3, -0.25) is 0 Å². The van der Waals surface area contributed by atoms with Gasteiger partial charge in [0.05, 0.1) is 0 Å². The zero-order chi connectivity index (χ0) is 23.1. The molecular formula is C27H57NS2Zn. The van der Waals surface area contributed by atoms with E-state index >= 15 is 0 Å². The first kappa shape index (κ1) is 39.1. The average Bonchev–Trinajstić information content (AvgIpc) is 2.71. The molecule has 0 aromatic carbocycles. The molecule has 0 unspecified atom stereocenters. The van der Waals surface area contributed by atoms with Crippen molar-refractivity contribution in [2.75, 3.05) is 0 Å². The number of rotatable bonds is 20. The van der Waals surface area contributed by atoms with Crippen LogP contribution >= 0.6 is 24.8 Å². The summed E-state index contributed by atoms with van der Waals surface area (Å²) in [5, 5.41) is 0. The third kappa shape index (κ3) is 59.1. The molecule has 0 amide bonds. The van der Waals surface area contributed by atoms with E-state index in [9.17, 15) is 0 Å². The van der Waals surface area contributed by atoms with Crippen molar-refractivity contribution in [3.05, 3.63) is 13.8 Å². The topological polar surface area (TPSA) is 26.0 Å². The Bertz CT molecular complexity index is 242. The molecule has 0 saturated carbocycles. The van der Waals surface area contributed by atoms with Crippen LogP contribution in [0, 0.1) is 13.8 Å². The molecule has 31 heavy (non-hydrogen) atoms. The van der Waals surface area contributed by atoms with Crippen LogP contribution in [-0.2, 0) is 19.5 Å². The summed E-state index contributed by atoms with van der Waals surface area (Å²) in [5.41, 5.74) is 4.71. The van der Waals surface area contributed by atoms with Crippen LogP contribution in [0.4, 0.5) is 0 Å². The molecule has 0 aromatic heterocycles. The van der Waals surface area contributed by atoms with Crippen molar-refractivity contribution >= 4 is 29.2 Å². The molecule has 0 bridgehead atoms. The van der Waals surface area contributed by atoms with Crippen LogP contribution in [0.1, 0.15) is 155 Å². The van der Waals surface area contributed by atoms with Gasteiger partial charge in [0.15, 0.2) is 0 Å². The van der Waals surface area contributed by atoms with Gasteiger partial charge in [-0.2, -0.15) is 12.8 Å². The monoisotopic (exact) mass is 523 g/mol. The molecule has 0 saturated heterocycles. The fraction of sp³-hybridized carbons (Fsp3) is 0.889. The fourth-order valence-corrected chi connectivity index (χ4v) is 3.33. The van der Waals surface area contributed by atoms with Gasteiger partial charge >= 0.3 is 19.5 Å². The summed E-state index contributed by atoms with van der Waals surface area (Å²) in [7, 11) is 0. The molecule has 0 aliphatic heterocycles. The van der Waals surface area contributed by atoms with Crippen LogP contribution in [-0.4, -0.2) is 4.32 Å². The van der Waals surface area contributed by atoms with Crippen molar-refractivity contribution in [2.24, 2.45) is 5.73 Å². The van der Waals surface area contributed by atoms with Crippen molar-refractivity contribution in [3.8, 4) is 0 Å². The molecule has 0 fully saturated rings. The van der Waals surface area contributed by atoms with Crippen molar-refractivity contribution in [2.45, 2.75) is 155 Å². The van der Waals surface area contributed by atoms with E-state index in [4.69, 9.17) is 5.73 Å². The molecule has 0 heterocycles. The smallest absolute Gasteiger partial charge is 0.385 e. The first-order valence-electron chi connectivity index (χ1n) is 13.1. The van der Waals surface area contributed by atoms with Gasteiger partial charge in [-0.05, 0) is 0 Å². The number of nitrogens with two attached hydrogens (primary N) is 1. The Labute approximate surface area is 222 Å². The van der Waals surface area contributed by atoms with Crippen molar-refractivity contribution in [1.82, 2.24) is 0 Å². The number of thiocarbonyl (C=S) groups is 1. The second-order valence-corrected chi connectivity index (χ2v) is 9.63. The third-order valence-electron chi connectivity index (χ3n) is 5.21. The Hall–Kier alpha value is 0.863. The summed E-state index contributed by atoms with van der Waals surface area (Å²) < 4.78 is 0.194. The molecule has 0 aromatic rings. The van der Waals surface area contributed by atoms with Gasteiger partial charge in [-0.25, -0.2) is 0 Å². The fourth-order valence-electron chi connectivity index (χ4n) is 3.33. The maximum atomic E-state index is 4.71. The van der Waals surface area contributed by atoms with Crippen LogP contribution < -0.4 is 5.73 Å². The van der Waals surface area contributed by atoms with Crippen LogP contribution in [0.5, 0.6) is 0 Å². The first-order chi connectivity index (χ1) is 14.6. The van der Waals surface area contributed by atoms with Crippen LogP contribution in [0.2, 0.25) is 0 Å². The Kier molecular flexibility index (Phi) is 51.9. The minimum atomic E-state index is 0. The van der Waals surface area contributed by atoms with Crippen molar-refractivity contribution < 1.29 is 19.5 Å². The number of unbranched alkanes of at least 4 members (excludes halogenated alkanes) is 20. The van der Waals surface area contributed by atoms with E-state index in [1.54, 1.807) is 0 Å².